The monoisotopic (exact) mass is 276 g/mol. The van der Waals surface area contributed by atoms with Gasteiger partial charge in [-0.25, -0.2) is 0 Å². The van der Waals surface area contributed by atoms with Gasteiger partial charge >= 0.3 is 0 Å². The highest BCUT2D eigenvalue weighted by Crippen LogP contribution is 2.36. The number of Topliss-reactive ketones (excluding diaryl/α,β-unsaturated/α-hetero) is 1. The molecule has 0 radical (unpaired) electrons. The Balaban J connectivity index is 1.99. The predicted molar refractivity (Wildman–Crippen MR) is 78.3 cm³/mol. The highest BCUT2D eigenvalue weighted by molar-refractivity contribution is 5.83. The van der Waals surface area contributed by atoms with Crippen LogP contribution in [0.3, 0.4) is 0 Å². The van der Waals surface area contributed by atoms with Crippen LogP contribution in [0.2, 0.25) is 0 Å². The summed E-state index contributed by atoms with van der Waals surface area (Å²) < 4.78 is 11.7. The maximum Gasteiger partial charge on any atom is 0.194 e. The van der Waals surface area contributed by atoms with Gasteiger partial charge in [0.2, 0.25) is 0 Å². The summed E-state index contributed by atoms with van der Waals surface area (Å²) in [4.78, 5) is 12.0. The van der Waals surface area contributed by atoms with E-state index in [4.69, 9.17) is 9.47 Å². The first kappa shape index (κ1) is 15.2. The zero-order valence-corrected chi connectivity index (χ0v) is 12.6. The zero-order valence-electron chi connectivity index (χ0n) is 12.6. The van der Waals surface area contributed by atoms with Crippen LogP contribution in [-0.2, 0) is 20.1 Å². The summed E-state index contributed by atoms with van der Waals surface area (Å²) >= 11 is 0. The van der Waals surface area contributed by atoms with Crippen LogP contribution in [0.15, 0.2) is 30.3 Å². The van der Waals surface area contributed by atoms with Gasteiger partial charge in [0, 0.05) is 23.8 Å². The minimum atomic E-state index is -0.653. The fourth-order valence-corrected chi connectivity index (χ4v) is 2.46. The highest BCUT2D eigenvalue weighted by atomic mass is 16.7. The van der Waals surface area contributed by atoms with Crippen molar-refractivity contribution in [3.8, 4) is 0 Å². The second kappa shape index (κ2) is 6.06. The van der Waals surface area contributed by atoms with Gasteiger partial charge < -0.3 is 9.47 Å². The minimum absolute atomic E-state index is 0.267. The molecule has 1 fully saturated rings. The molecule has 0 amide bonds. The highest BCUT2D eigenvalue weighted by Gasteiger charge is 2.38. The average molecular weight is 276 g/mol. The molecule has 0 N–H and O–H groups in total. The molecule has 3 heteroatoms. The van der Waals surface area contributed by atoms with Crippen LogP contribution in [-0.4, -0.2) is 19.0 Å². The van der Waals surface area contributed by atoms with E-state index >= 15 is 0 Å². The quantitative estimate of drug-likeness (QED) is 0.823. The second-order valence-electron chi connectivity index (χ2n) is 6.34. The molecule has 1 saturated heterocycles. The van der Waals surface area contributed by atoms with Gasteiger partial charge in [0.05, 0.1) is 13.2 Å². The van der Waals surface area contributed by atoms with Crippen molar-refractivity contribution in [2.24, 2.45) is 5.41 Å². The first-order chi connectivity index (χ1) is 9.44. The van der Waals surface area contributed by atoms with E-state index in [0.717, 1.165) is 18.4 Å². The molecule has 1 aromatic rings. The summed E-state index contributed by atoms with van der Waals surface area (Å²) in [5.41, 5.74) is 0.776. The van der Waals surface area contributed by atoms with Crippen molar-refractivity contribution in [2.75, 3.05) is 13.2 Å². The Hall–Kier alpha value is -1.19. The number of rotatable bonds is 5. The van der Waals surface area contributed by atoms with E-state index in [2.05, 4.69) is 0 Å². The summed E-state index contributed by atoms with van der Waals surface area (Å²) in [6.45, 7) is 7.12. The van der Waals surface area contributed by atoms with Gasteiger partial charge in [-0.3, -0.25) is 4.79 Å². The van der Waals surface area contributed by atoms with Crippen molar-refractivity contribution in [1.29, 1.82) is 0 Å². The fourth-order valence-electron chi connectivity index (χ4n) is 2.46. The van der Waals surface area contributed by atoms with Gasteiger partial charge in [-0.05, 0) is 6.42 Å². The Bertz CT molecular complexity index is 439. The number of hydrogen-bond donors (Lipinski definition) is 0. The van der Waals surface area contributed by atoms with Crippen molar-refractivity contribution in [3.05, 3.63) is 35.9 Å². The maximum absolute atomic E-state index is 12.0. The molecule has 0 atom stereocenters. The molecule has 1 aliphatic rings. The van der Waals surface area contributed by atoms with E-state index in [9.17, 15) is 4.79 Å². The van der Waals surface area contributed by atoms with Crippen LogP contribution in [0.5, 0.6) is 0 Å². The first-order valence-corrected chi connectivity index (χ1v) is 7.31. The molecule has 0 spiro atoms. The van der Waals surface area contributed by atoms with Gasteiger partial charge in [0.15, 0.2) is 5.79 Å². The van der Waals surface area contributed by atoms with Crippen molar-refractivity contribution in [3.63, 3.8) is 0 Å². The first-order valence-electron chi connectivity index (χ1n) is 7.31. The molecule has 0 aliphatic carbocycles. The van der Waals surface area contributed by atoms with Crippen LogP contribution in [0, 0.1) is 5.41 Å². The van der Waals surface area contributed by atoms with Crippen LogP contribution < -0.4 is 0 Å². The molecule has 1 aliphatic heterocycles. The van der Waals surface area contributed by atoms with Crippen LogP contribution in [0.4, 0.5) is 0 Å². The maximum atomic E-state index is 12.0. The lowest BCUT2D eigenvalue weighted by Crippen LogP contribution is -2.28. The molecule has 1 heterocycles. The molecular weight excluding hydrogens is 252 g/mol. The van der Waals surface area contributed by atoms with Gasteiger partial charge in [0.25, 0.3) is 0 Å². The van der Waals surface area contributed by atoms with Crippen molar-refractivity contribution < 1.29 is 14.3 Å². The van der Waals surface area contributed by atoms with E-state index in [1.165, 1.54) is 0 Å². The van der Waals surface area contributed by atoms with Gasteiger partial charge in [0.1, 0.15) is 5.78 Å². The van der Waals surface area contributed by atoms with Gasteiger partial charge in [-0.15, -0.1) is 0 Å². The van der Waals surface area contributed by atoms with Crippen LogP contribution >= 0.6 is 0 Å². The third kappa shape index (κ3) is 3.47. The SMILES string of the molecule is CC(C)(C)C(=O)CCCC1(c2ccccc2)OCCO1. The Labute approximate surface area is 121 Å². The summed E-state index contributed by atoms with van der Waals surface area (Å²) in [6, 6.07) is 10.0. The molecule has 2 rings (SSSR count). The Kier molecular flexibility index (Phi) is 4.61. The molecule has 1 aromatic carbocycles. The number of ketones is 1. The Morgan fingerprint density at radius 2 is 1.75 bits per heavy atom. The number of benzene rings is 1. The van der Waals surface area contributed by atoms with Crippen molar-refractivity contribution >= 4 is 5.78 Å². The lowest BCUT2D eigenvalue weighted by atomic mass is 9.87. The molecule has 20 heavy (non-hydrogen) atoms. The fraction of sp³-hybridized carbons (Fsp3) is 0.588. The van der Waals surface area contributed by atoms with E-state index in [1.54, 1.807) is 0 Å². The zero-order chi connectivity index (χ0) is 14.6. The van der Waals surface area contributed by atoms with Gasteiger partial charge in [-0.1, -0.05) is 51.1 Å². The van der Waals surface area contributed by atoms with E-state index in [1.807, 2.05) is 51.1 Å². The third-order valence-electron chi connectivity index (χ3n) is 3.71. The third-order valence-corrected chi connectivity index (χ3v) is 3.71. The van der Waals surface area contributed by atoms with Crippen LogP contribution in [0.1, 0.15) is 45.6 Å². The smallest absolute Gasteiger partial charge is 0.194 e. The average Bonchev–Trinajstić information content (AvgIpc) is 2.88. The number of carbonyl (C=O) groups is 1. The molecule has 110 valence electrons. The molecular formula is C17H24O3. The minimum Gasteiger partial charge on any atom is -0.343 e. The number of hydrogen-bond acceptors (Lipinski definition) is 3. The largest absolute Gasteiger partial charge is 0.343 e. The molecule has 0 unspecified atom stereocenters. The normalized spacial score (nSPS) is 18.1. The summed E-state index contributed by atoms with van der Waals surface area (Å²) in [5.74, 6) is -0.363. The van der Waals surface area contributed by atoms with Crippen molar-refractivity contribution in [2.45, 2.75) is 45.8 Å². The van der Waals surface area contributed by atoms with E-state index in [-0.39, 0.29) is 5.41 Å². The second-order valence-corrected chi connectivity index (χ2v) is 6.34. The standard InChI is InChI=1S/C17H24O3/c1-16(2,3)15(18)10-7-11-17(19-12-13-20-17)14-8-5-4-6-9-14/h4-6,8-9H,7,10-13H2,1-3H3. The molecule has 0 saturated carbocycles. The lowest BCUT2D eigenvalue weighted by Gasteiger charge is -2.28. The lowest BCUT2D eigenvalue weighted by molar-refractivity contribution is -0.172. The predicted octanol–water partition coefficient (Wildman–Crippen LogP) is 3.67. The summed E-state index contributed by atoms with van der Waals surface area (Å²) in [6.07, 6.45) is 2.08. The molecule has 0 aromatic heterocycles. The number of carbonyl (C=O) groups excluding carboxylic acids is 1. The Morgan fingerprint density at radius 1 is 1.15 bits per heavy atom. The van der Waals surface area contributed by atoms with E-state index < -0.39 is 5.79 Å². The topological polar surface area (TPSA) is 35.5 Å². The van der Waals surface area contributed by atoms with Crippen LogP contribution in [0.25, 0.3) is 0 Å². The molecule has 3 nitrogen and oxygen atoms in total. The Morgan fingerprint density at radius 3 is 2.30 bits per heavy atom. The van der Waals surface area contributed by atoms with Gasteiger partial charge in [-0.2, -0.15) is 0 Å². The summed E-state index contributed by atoms with van der Waals surface area (Å²) in [7, 11) is 0. The van der Waals surface area contributed by atoms with E-state index in [0.29, 0.717) is 25.4 Å². The summed E-state index contributed by atoms with van der Waals surface area (Å²) in [5, 5.41) is 0. The van der Waals surface area contributed by atoms with Crippen molar-refractivity contribution in [1.82, 2.24) is 0 Å². The molecule has 0 bridgehead atoms. The number of ether oxygens (including phenoxy) is 2.